The van der Waals surface area contributed by atoms with E-state index in [9.17, 15) is 14.4 Å². The zero-order valence-electron chi connectivity index (χ0n) is 17.2. The third-order valence-electron chi connectivity index (χ3n) is 5.84. The van der Waals surface area contributed by atoms with Crippen LogP contribution in [-0.2, 0) is 9.59 Å². The van der Waals surface area contributed by atoms with Gasteiger partial charge in [0.2, 0.25) is 5.91 Å². The third kappa shape index (κ3) is 3.68. The Morgan fingerprint density at radius 2 is 1.63 bits per heavy atom. The van der Waals surface area contributed by atoms with Gasteiger partial charge in [0.25, 0.3) is 5.91 Å². The number of hydrogen-bond acceptors (Lipinski definition) is 6. The van der Waals surface area contributed by atoms with Gasteiger partial charge in [-0.25, -0.2) is 4.90 Å². The van der Waals surface area contributed by atoms with Gasteiger partial charge in [-0.1, -0.05) is 12.1 Å². The van der Waals surface area contributed by atoms with Crippen molar-refractivity contribution in [2.24, 2.45) is 0 Å². The molecule has 0 saturated carbocycles. The minimum Gasteiger partial charge on any atom is -0.495 e. The summed E-state index contributed by atoms with van der Waals surface area (Å²) in [5.41, 5.74) is 2.26. The van der Waals surface area contributed by atoms with Crippen LogP contribution in [0.5, 0.6) is 5.75 Å². The van der Waals surface area contributed by atoms with Crippen LogP contribution >= 0.6 is 0 Å². The molecule has 156 valence electrons. The Morgan fingerprint density at radius 1 is 0.967 bits per heavy atom. The molecular weight excluding hydrogens is 382 g/mol. The van der Waals surface area contributed by atoms with Crippen molar-refractivity contribution >= 4 is 29.0 Å². The fourth-order valence-electron chi connectivity index (χ4n) is 4.17. The van der Waals surface area contributed by atoms with E-state index < -0.39 is 6.04 Å². The monoisotopic (exact) mass is 407 g/mol. The summed E-state index contributed by atoms with van der Waals surface area (Å²) in [6.45, 7) is 4.45. The third-order valence-corrected chi connectivity index (χ3v) is 5.84. The summed E-state index contributed by atoms with van der Waals surface area (Å²) in [6.07, 6.45) is 0.185. The second kappa shape index (κ2) is 8.28. The fourth-order valence-corrected chi connectivity index (χ4v) is 4.17. The number of nitrogens with zero attached hydrogens (tertiary/aromatic N) is 3. The summed E-state index contributed by atoms with van der Waals surface area (Å²) in [5.74, 6) is 0.176. The summed E-state index contributed by atoms with van der Waals surface area (Å²) in [7, 11) is 1.53. The second-order valence-electron chi connectivity index (χ2n) is 7.59. The molecule has 0 unspecified atom stereocenters. The summed E-state index contributed by atoms with van der Waals surface area (Å²) in [6, 6.07) is 14.3. The van der Waals surface area contributed by atoms with Crippen molar-refractivity contribution < 1.29 is 19.1 Å². The molecule has 1 atom stereocenters. The molecule has 2 saturated heterocycles. The molecule has 7 nitrogen and oxygen atoms in total. The zero-order valence-corrected chi connectivity index (χ0v) is 17.2. The van der Waals surface area contributed by atoms with Crippen molar-refractivity contribution in [1.29, 1.82) is 0 Å². The number of Topliss-reactive ketones (excluding diaryl/α,β-unsaturated/α-hetero) is 1. The Labute approximate surface area is 175 Å². The first-order chi connectivity index (χ1) is 14.5. The molecular formula is C23H25N3O4. The number of benzene rings is 2. The molecule has 0 bridgehead atoms. The lowest BCUT2D eigenvalue weighted by molar-refractivity contribution is -0.123. The molecule has 7 heteroatoms. The molecule has 0 aliphatic carbocycles. The van der Waals surface area contributed by atoms with Crippen molar-refractivity contribution in [1.82, 2.24) is 4.90 Å². The van der Waals surface area contributed by atoms with Gasteiger partial charge in [-0.2, -0.15) is 0 Å². The number of anilines is 2. The van der Waals surface area contributed by atoms with Crippen molar-refractivity contribution in [2.75, 3.05) is 43.1 Å². The number of carbonyl (C=O) groups is 3. The standard InChI is InChI=1S/C23H25N3O4/c1-16(27)17-7-9-18(10-8-17)24-11-13-25(14-12-24)20-15-22(28)26(23(20)29)19-5-3-4-6-21(19)30-2/h3-10,20H,11-15H2,1-2H3/t20-/m1/s1. The maximum Gasteiger partial charge on any atom is 0.251 e. The summed E-state index contributed by atoms with van der Waals surface area (Å²) in [5, 5.41) is 0. The van der Waals surface area contributed by atoms with Gasteiger partial charge >= 0.3 is 0 Å². The van der Waals surface area contributed by atoms with Gasteiger partial charge < -0.3 is 9.64 Å². The van der Waals surface area contributed by atoms with Crippen LogP contribution in [0.4, 0.5) is 11.4 Å². The molecule has 2 aliphatic heterocycles. The average molecular weight is 407 g/mol. The number of methoxy groups -OCH3 is 1. The molecule has 2 aromatic carbocycles. The van der Waals surface area contributed by atoms with Gasteiger partial charge in [0.15, 0.2) is 5.78 Å². The normalized spacial score (nSPS) is 20.0. The lowest BCUT2D eigenvalue weighted by Crippen LogP contribution is -2.52. The first-order valence-electron chi connectivity index (χ1n) is 10.1. The van der Waals surface area contributed by atoms with Gasteiger partial charge in [0.05, 0.1) is 25.3 Å². The molecule has 0 aromatic heterocycles. The maximum absolute atomic E-state index is 13.1. The molecule has 0 N–H and O–H groups in total. The SMILES string of the molecule is COc1ccccc1N1C(=O)C[C@@H](N2CCN(c3ccc(C(C)=O)cc3)CC2)C1=O. The highest BCUT2D eigenvalue weighted by atomic mass is 16.5. The Morgan fingerprint density at radius 3 is 2.27 bits per heavy atom. The fraction of sp³-hybridized carbons (Fsp3) is 0.348. The van der Waals surface area contributed by atoms with Gasteiger partial charge in [-0.15, -0.1) is 0 Å². The minimum absolute atomic E-state index is 0.0513. The van der Waals surface area contributed by atoms with Crippen LogP contribution in [0.2, 0.25) is 0 Å². The van der Waals surface area contributed by atoms with Crippen LogP contribution in [0.1, 0.15) is 23.7 Å². The Balaban J connectivity index is 1.43. The van der Waals surface area contributed by atoms with Crippen molar-refractivity contribution in [3.05, 3.63) is 54.1 Å². The summed E-state index contributed by atoms with van der Waals surface area (Å²) < 4.78 is 5.33. The molecule has 2 amide bonds. The number of ketones is 1. The van der Waals surface area contributed by atoms with E-state index in [1.165, 1.54) is 12.0 Å². The van der Waals surface area contributed by atoms with Gasteiger partial charge in [0, 0.05) is 37.4 Å². The number of hydrogen-bond donors (Lipinski definition) is 0. The van der Waals surface area contributed by atoms with E-state index in [-0.39, 0.29) is 24.0 Å². The van der Waals surface area contributed by atoms with Crippen molar-refractivity contribution in [3.8, 4) is 5.75 Å². The first kappa shape index (κ1) is 20.1. The first-order valence-corrected chi connectivity index (χ1v) is 10.1. The number of ether oxygens (including phenoxy) is 1. The van der Waals surface area contributed by atoms with Crippen molar-refractivity contribution in [2.45, 2.75) is 19.4 Å². The smallest absolute Gasteiger partial charge is 0.251 e. The predicted octanol–water partition coefficient (Wildman–Crippen LogP) is 2.35. The summed E-state index contributed by atoms with van der Waals surface area (Å²) in [4.78, 5) is 42.8. The molecule has 2 fully saturated rings. The quantitative estimate of drug-likeness (QED) is 0.560. The van der Waals surface area contributed by atoms with Gasteiger partial charge in [0.1, 0.15) is 5.75 Å². The van der Waals surface area contributed by atoms with Crippen LogP contribution in [0.15, 0.2) is 48.5 Å². The van der Waals surface area contributed by atoms with Gasteiger partial charge in [-0.3, -0.25) is 19.3 Å². The highest BCUT2D eigenvalue weighted by Crippen LogP contribution is 2.33. The lowest BCUT2D eigenvalue weighted by Gasteiger charge is -2.38. The topological polar surface area (TPSA) is 70.2 Å². The number of amides is 2. The Kier molecular flexibility index (Phi) is 5.55. The zero-order chi connectivity index (χ0) is 21.3. The van der Waals surface area contributed by atoms with E-state index in [2.05, 4.69) is 9.80 Å². The Hall–Kier alpha value is -3.19. The molecule has 30 heavy (non-hydrogen) atoms. The van der Waals surface area contributed by atoms with E-state index in [0.717, 1.165) is 18.8 Å². The predicted molar refractivity (Wildman–Crippen MR) is 114 cm³/mol. The molecule has 0 radical (unpaired) electrons. The van der Waals surface area contributed by atoms with E-state index in [4.69, 9.17) is 4.74 Å². The van der Waals surface area contributed by atoms with E-state index in [0.29, 0.717) is 30.1 Å². The van der Waals surface area contributed by atoms with Crippen LogP contribution in [0, 0.1) is 0 Å². The Bertz CT molecular complexity index is 965. The molecule has 2 heterocycles. The number of piperazine rings is 1. The molecule has 4 rings (SSSR count). The number of para-hydroxylation sites is 2. The molecule has 0 spiro atoms. The van der Waals surface area contributed by atoms with Crippen LogP contribution in [0.3, 0.4) is 0 Å². The minimum atomic E-state index is -0.440. The lowest BCUT2D eigenvalue weighted by atomic mass is 10.1. The van der Waals surface area contributed by atoms with E-state index in [1.807, 2.05) is 30.3 Å². The van der Waals surface area contributed by atoms with Crippen LogP contribution in [-0.4, -0.2) is 61.8 Å². The largest absolute Gasteiger partial charge is 0.495 e. The molecule has 2 aliphatic rings. The highest BCUT2D eigenvalue weighted by molar-refractivity contribution is 6.23. The number of carbonyl (C=O) groups excluding carboxylic acids is 3. The maximum atomic E-state index is 13.1. The summed E-state index contributed by atoms with van der Waals surface area (Å²) >= 11 is 0. The van der Waals surface area contributed by atoms with E-state index >= 15 is 0 Å². The van der Waals surface area contributed by atoms with Crippen LogP contribution < -0.4 is 14.5 Å². The van der Waals surface area contributed by atoms with E-state index in [1.54, 1.807) is 25.1 Å². The average Bonchev–Trinajstić information content (AvgIpc) is 3.07. The second-order valence-corrected chi connectivity index (χ2v) is 7.59. The number of imide groups is 1. The highest BCUT2D eigenvalue weighted by Gasteiger charge is 2.44. The van der Waals surface area contributed by atoms with Crippen LogP contribution in [0.25, 0.3) is 0 Å². The number of rotatable bonds is 5. The van der Waals surface area contributed by atoms with Crippen molar-refractivity contribution in [3.63, 3.8) is 0 Å². The molecule has 2 aromatic rings. The van der Waals surface area contributed by atoms with Gasteiger partial charge in [-0.05, 0) is 43.3 Å².